The number of hydrogen-bond acceptors (Lipinski definition) is 3. The van der Waals surface area contributed by atoms with Gasteiger partial charge in [0, 0.05) is 43.8 Å². The number of para-hydroxylation sites is 1. The Labute approximate surface area is 161 Å². The molecule has 0 spiro atoms. The van der Waals surface area contributed by atoms with Crippen molar-refractivity contribution in [2.45, 2.75) is 32.6 Å². The van der Waals surface area contributed by atoms with E-state index in [1.165, 1.54) is 0 Å². The molecule has 7 heteroatoms. The fraction of sp³-hybridized carbons (Fsp3) is 0.550. The van der Waals surface area contributed by atoms with Crippen molar-refractivity contribution in [2.24, 2.45) is 13.0 Å². The zero-order valence-electron chi connectivity index (χ0n) is 16.1. The van der Waals surface area contributed by atoms with Gasteiger partial charge in [-0.15, -0.1) is 0 Å². The van der Waals surface area contributed by atoms with E-state index in [2.05, 4.69) is 5.32 Å². The maximum atomic E-state index is 12.6. The van der Waals surface area contributed by atoms with E-state index in [1.54, 1.807) is 4.31 Å². The van der Waals surface area contributed by atoms with Crippen LogP contribution in [0.5, 0.6) is 0 Å². The molecule has 3 rings (SSSR count). The number of piperidine rings is 1. The van der Waals surface area contributed by atoms with E-state index in [4.69, 9.17) is 0 Å². The minimum Gasteiger partial charge on any atom is -0.352 e. The lowest BCUT2D eigenvalue weighted by atomic mass is 9.98. The molecule has 148 valence electrons. The third kappa shape index (κ3) is 4.52. The van der Waals surface area contributed by atoms with Crippen molar-refractivity contribution in [1.29, 1.82) is 0 Å². The van der Waals surface area contributed by atoms with E-state index < -0.39 is 10.0 Å². The SMILES string of the molecule is CCCCS(=O)(=O)N1CCC(CNC(=O)c2cn(C)c3ccccc23)CC1. The van der Waals surface area contributed by atoms with E-state index >= 15 is 0 Å². The maximum absolute atomic E-state index is 12.6. The largest absolute Gasteiger partial charge is 0.352 e. The first-order chi connectivity index (χ1) is 12.9. The minimum atomic E-state index is -3.12. The number of fused-ring (bicyclic) bond motifs is 1. The lowest BCUT2D eigenvalue weighted by molar-refractivity contribution is 0.0943. The van der Waals surface area contributed by atoms with Crippen LogP contribution in [-0.2, 0) is 17.1 Å². The summed E-state index contributed by atoms with van der Waals surface area (Å²) in [5.41, 5.74) is 1.72. The average Bonchev–Trinajstić information content (AvgIpc) is 3.02. The average molecular weight is 392 g/mol. The highest BCUT2D eigenvalue weighted by Crippen LogP contribution is 2.22. The Kier molecular flexibility index (Phi) is 6.22. The predicted molar refractivity (Wildman–Crippen MR) is 108 cm³/mol. The number of sulfonamides is 1. The number of aryl methyl sites for hydroxylation is 1. The normalized spacial score (nSPS) is 16.7. The monoisotopic (exact) mass is 391 g/mol. The van der Waals surface area contributed by atoms with Crippen LogP contribution in [-0.4, -0.2) is 48.6 Å². The minimum absolute atomic E-state index is 0.0650. The molecule has 1 aromatic heterocycles. The Hall–Kier alpha value is -1.86. The number of amides is 1. The van der Waals surface area contributed by atoms with Gasteiger partial charge in [-0.3, -0.25) is 4.79 Å². The van der Waals surface area contributed by atoms with Crippen molar-refractivity contribution in [2.75, 3.05) is 25.4 Å². The molecule has 0 radical (unpaired) electrons. The summed E-state index contributed by atoms with van der Waals surface area (Å²) in [7, 11) is -1.18. The topological polar surface area (TPSA) is 71.4 Å². The van der Waals surface area contributed by atoms with Gasteiger partial charge in [0.2, 0.25) is 10.0 Å². The number of benzene rings is 1. The molecule has 1 amide bonds. The van der Waals surface area contributed by atoms with Crippen molar-refractivity contribution in [1.82, 2.24) is 14.2 Å². The van der Waals surface area contributed by atoms with Crippen LogP contribution in [0.3, 0.4) is 0 Å². The van der Waals surface area contributed by atoms with Crippen LogP contribution in [0.25, 0.3) is 10.9 Å². The fourth-order valence-corrected chi connectivity index (χ4v) is 5.38. The van der Waals surface area contributed by atoms with Crippen molar-refractivity contribution in [3.63, 3.8) is 0 Å². The van der Waals surface area contributed by atoms with Gasteiger partial charge < -0.3 is 9.88 Å². The summed E-state index contributed by atoms with van der Waals surface area (Å²) in [4.78, 5) is 12.6. The molecule has 1 aromatic carbocycles. The Morgan fingerprint density at radius 3 is 2.63 bits per heavy atom. The quantitative estimate of drug-likeness (QED) is 0.789. The van der Waals surface area contributed by atoms with E-state index in [9.17, 15) is 13.2 Å². The van der Waals surface area contributed by atoms with Crippen molar-refractivity contribution >= 4 is 26.8 Å². The summed E-state index contributed by atoms with van der Waals surface area (Å²) in [6, 6.07) is 7.87. The molecule has 2 aromatic rings. The Balaban J connectivity index is 1.53. The van der Waals surface area contributed by atoms with Crippen LogP contribution in [0.4, 0.5) is 0 Å². The van der Waals surface area contributed by atoms with Gasteiger partial charge in [0.15, 0.2) is 0 Å². The lowest BCUT2D eigenvalue weighted by Crippen LogP contribution is -2.42. The Morgan fingerprint density at radius 1 is 1.22 bits per heavy atom. The van der Waals surface area contributed by atoms with Crippen molar-refractivity contribution in [3.8, 4) is 0 Å². The van der Waals surface area contributed by atoms with Crippen LogP contribution >= 0.6 is 0 Å². The first kappa shape index (κ1) is 19.9. The van der Waals surface area contributed by atoms with Crippen LogP contribution < -0.4 is 5.32 Å². The number of nitrogens with zero attached hydrogens (tertiary/aromatic N) is 2. The highest BCUT2D eigenvalue weighted by atomic mass is 32.2. The first-order valence-electron chi connectivity index (χ1n) is 9.72. The molecular weight excluding hydrogens is 362 g/mol. The summed E-state index contributed by atoms with van der Waals surface area (Å²) in [6.45, 7) is 3.70. The van der Waals surface area contributed by atoms with Crippen LogP contribution in [0.2, 0.25) is 0 Å². The molecule has 1 fully saturated rings. The van der Waals surface area contributed by atoms with E-state index in [0.29, 0.717) is 37.5 Å². The van der Waals surface area contributed by atoms with Crippen LogP contribution in [0.15, 0.2) is 30.5 Å². The van der Waals surface area contributed by atoms with Crippen LogP contribution in [0, 0.1) is 5.92 Å². The summed E-state index contributed by atoms with van der Waals surface area (Å²) < 4.78 is 28.1. The highest BCUT2D eigenvalue weighted by molar-refractivity contribution is 7.89. The number of carbonyl (C=O) groups is 1. The highest BCUT2D eigenvalue weighted by Gasteiger charge is 2.27. The molecule has 1 aliphatic rings. The summed E-state index contributed by atoms with van der Waals surface area (Å²) in [6.07, 6.45) is 5.05. The van der Waals surface area contributed by atoms with Crippen molar-refractivity contribution < 1.29 is 13.2 Å². The molecule has 0 atom stereocenters. The number of carbonyl (C=O) groups excluding carboxylic acids is 1. The van der Waals surface area contributed by atoms with Gasteiger partial charge in [-0.2, -0.15) is 0 Å². The van der Waals surface area contributed by atoms with Crippen LogP contribution in [0.1, 0.15) is 43.0 Å². The molecular formula is C20H29N3O3S. The molecule has 27 heavy (non-hydrogen) atoms. The fourth-order valence-electron chi connectivity index (χ4n) is 3.70. The lowest BCUT2D eigenvalue weighted by Gasteiger charge is -2.31. The molecule has 0 unspecified atom stereocenters. The van der Waals surface area contributed by atoms with E-state index in [-0.39, 0.29) is 11.7 Å². The van der Waals surface area contributed by atoms with Gasteiger partial charge in [0.05, 0.1) is 11.3 Å². The number of aromatic nitrogens is 1. The summed E-state index contributed by atoms with van der Waals surface area (Å²) in [5.74, 6) is 0.498. The Morgan fingerprint density at radius 2 is 1.93 bits per heavy atom. The van der Waals surface area contributed by atoms with Gasteiger partial charge in [-0.25, -0.2) is 12.7 Å². The van der Waals surface area contributed by atoms with Gasteiger partial charge in [-0.05, 0) is 31.2 Å². The van der Waals surface area contributed by atoms with Crippen molar-refractivity contribution in [3.05, 3.63) is 36.0 Å². The second kappa shape index (κ2) is 8.44. The number of rotatable bonds is 7. The number of unbranched alkanes of at least 4 members (excludes halogenated alkanes) is 1. The van der Waals surface area contributed by atoms with Gasteiger partial charge >= 0.3 is 0 Å². The number of hydrogen-bond donors (Lipinski definition) is 1. The maximum Gasteiger partial charge on any atom is 0.253 e. The zero-order chi connectivity index (χ0) is 19.4. The second-order valence-electron chi connectivity index (χ2n) is 7.39. The molecule has 0 saturated carbocycles. The molecule has 6 nitrogen and oxygen atoms in total. The van der Waals surface area contributed by atoms with Gasteiger partial charge in [0.1, 0.15) is 0 Å². The number of nitrogens with one attached hydrogen (secondary N) is 1. The summed E-state index contributed by atoms with van der Waals surface area (Å²) in [5, 5.41) is 3.99. The molecule has 1 N–H and O–H groups in total. The van der Waals surface area contributed by atoms with E-state index in [1.807, 2.05) is 49.0 Å². The summed E-state index contributed by atoms with van der Waals surface area (Å²) >= 11 is 0. The molecule has 1 aliphatic heterocycles. The molecule has 1 saturated heterocycles. The Bertz CT molecular complexity index is 896. The third-order valence-corrected chi connectivity index (χ3v) is 7.37. The van der Waals surface area contributed by atoms with Gasteiger partial charge in [0.25, 0.3) is 5.91 Å². The standard InChI is InChI=1S/C20H29N3O3S/c1-3-4-13-27(25,26)23-11-9-16(10-12-23)14-21-20(24)18-15-22(2)19-8-6-5-7-17(18)19/h5-8,15-16H,3-4,9-14H2,1-2H3,(H,21,24). The predicted octanol–water partition coefficient (Wildman–Crippen LogP) is 2.75. The molecule has 0 bridgehead atoms. The zero-order valence-corrected chi connectivity index (χ0v) is 17.0. The molecule has 2 heterocycles. The smallest absolute Gasteiger partial charge is 0.253 e. The first-order valence-corrected chi connectivity index (χ1v) is 11.3. The van der Waals surface area contributed by atoms with E-state index in [0.717, 1.165) is 30.2 Å². The molecule has 0 aliphatic carbocycles. The van der Waals surface area contributed by atoms with Gasteiger partial charge in [-0.1, -0.05) is 31.5 Å². The second-order valence-corrected chi connectivity index (χ2v) is 9.48. The third-order valence-electron chi connectivity index (χ3n) is 5.42.